The number of carbonyl (C=O) groups excluding carboxylic acids is 1. The maximum Gasteiger partial charge on any atom is 0.252 e. The lowest BCUT2D eigenvalue weighted by Gasteiger charge is -2.36. The van der Waals surface area contributed by atoms with Crippen LogP contribution in [0.3, 0.4) is 0 Å². The van der Waals surface area contributed by atoms with Gasteiger partial charge in [-0.2, -0.15) is 10.1 Å². The van der Waals surface area contributed by atoms with Gasteiger partial charge in [0.25, 0.3) is 5.78 Å². The number of rotatable bonds is 4. The molecule has 1 aliphatic heterocycles. The second-order valence-corrected chi connectivity index (χ2v) is 7.44. The predicted octanol–water partition coefficient (Wildman–Crippen LogP) is 2.33. The van der Waals surface area contributed by atoms with Crippen LogP contribution in [0.25, 0.3) is 5.78 Å². The summed E-state index contributed by atoms with van der Waals surface area (Å²) in [5, 5.41) is 4.22. The molecule has 7 nitrogen and oxygen atoms in total. The molecule has 7 heteroatoms. The van der Waals surface area contributed by atoms with E-state index in [1.165, 1.54) is 17.6 Å². The van der Waals surface area contributed by atoms with E-state index >= 15 is 0 Å². The highest BCUT2D eigenvalue weighted by Crippen LogP contribution is 2.19. The van der Waals surface area contributed by atoms with Crippen molar-refractivity contribution in [3.8, 4) is 0 Å². The van der Waals surface area contributed by atoms with Gasteiger partial charge in [-0.15, -0.1) is 0 Å². The Hall–Kier alpha value is -2.96. The molecule has 28 heavy (non-hydrogen) atoms. The van der Waals surface area contributed by atoms with Gasteiger partial charge in [-0.25, -0.2) is 9.50 Å². The van der Waals surface area contributed by atoms with Gasteiger partial charge in [-0.05, 0) is 50.5 Å². The minimum Gasteiger partial charge on any atom is -0.368 e. The van der Waals surface area contributed by atoms with Crippen LogP contribution in [0, 0.1) is 20.8 Å². The molecule has 3 heterocycles. The van der Waals surface area contributed by atoms with Crippen LogP contribution in [0.15, 0.2) is 30.6 Å². The standard InChI is InChI=1S/C21H26N6O/c1-15-5-4-6-18(13-15)25-9-11-26(12-10-25)20(28)8-7-19-16(2)24-21-22-14-23-27(21)17(19)3/h4-6,13-14H,7-12H2,1-3H3. The molecule has 3 aromatic rings. The molecule has 0 atom stereocenters. The van der Waals surface area contributed by atoms with E-state index in [-0.39, 0.29) is 5.91 Å². The van der Waals surface area contributed by atoms with Crippen molar-refractivity contribution < 1.29 is 4.79 Å². The van der Waals surface area contributed by atoms with Gasteiger partial charge in [0.05, 0.1) is 0 Å². The lowest BCUT2D eigenvalue weighted by molar-refractivity contribution is -0.131. The molecule has 0 radical (unpaired) electrons. The number of aromatic nitrogens is 4. The molecule has 1 fully saturated rings. The number of aryl methyl sites for hydroxylation is 3. The average molecular weight is 378 g/mol. The van der Waals surface area contributed by atoms with Crippen molar-refractivity contribution in [3.63, 3.8) is 0 Å². The molecule has 1 aliphatic rings. The first-order valence-electron chi connectivity index (χ1n) is 9.78. The van der Waals surface area contributed by atoms with E-state index in [0.717, 1.165) is 43.1 Å². The molecule has 0 N–H and O–H groups in total. The highest BCUT2D eigenvalue weighted by Gasteiger charge is 2.22. The highest BCUT2D eigenvalue weighted by atomic mass is 16.2. The second-order valence-electron chi connectivity index (χ2n) is 7.44. The Morgan fingerprint density at radius 2 is 1.89 bits per heavy atom. The first kappa shape index (κ1) is 18.4. The Bertz CT molecular complexity index is 1000. The van der Waals surface area contributed by atoms with E-state index in [2.05, 4.69) is 51.2 Å². The number of amides is 1. The molecule has 2 aromatic heterocycles. The Kier molecular flexibility index (Phi) is 4.98. The van der Waals surface area contributed by atoms with Gasteiger partial charge in [-0.1, -0.05) is 12.1 Å². The predicted molar refractivity (Wildman–Crippen MR) is 109 cm³/mol. The molecular formula is C21H26N6O. The van der Waals surface area contributed by atoms with Crippen LogP contribution < -0.4 is 4.90 Å². The van der Waals surface area contributed by atoms with E-state index in [1.54, 1.807) is 4.52 Å². The minimum atomic E-state index is 0.210. The topological polar surface area (TPSA) is 66.6 Å². The van der Waals surface area contributed by atoms with E-state index in [4.69, 9.17) is 0 Å². The number of hydrogen-bond donors (Lipinski definition) is 0. The Morgan fingerprint density at radius 1 is 1.11 bits per heavy atom. The molecule has 4 rings (SSSR count). The first-order valence-corrected chi connectivity index (χ1v) is 9.78. The molecule has 1 aromatic carbocycles. The highest BCUT2D eigenvalue weighted by molar-refractivity contribution is 5.77. The fourth-order valence-corrected chi connectivity index (χ4v) is 3.95. The molecule has 1 saturated heterocycles. The summed E-state index contributed by atoms with van der Waals surface area (Å²) in [7, 11) is 0. The first-order chi connectivity index (χ1) is 13.5. The van der Waals surface area contributed by atoms with Crippen LogP contribution in [0.4, 0.5) is 5.69 Å². The maximum atomic E-state index is 12.8. The average Bonchev–Trinajstić information content (AvgIpc) is 3.16. The third-order valence-corrected chi connectivity index (χ3v) is 5.58. The number of hydrogen-bond acceptors (Lipinski definition) is 5. The summed E-state index contributed by atoms with van der Waals surface area (Å²) in [6, 6.07) is 8.55. The number of piperazine rings is 1. The van der Waals surface area contributed by atoms with E-state index in [9.17, 15) is 4.79 Å². The zero-order valence-electron chi connectivity index (χ0n) is 16.7. The summed E-state index contributed by atoms with van der Waals surface area (Å²) < 4.78 is 1.74. The van der Waals surface area contributed by atoms with Crippen LogP contribution in [-0.4, -0.2) is 56.6 Å². The molecule has 146 valence electrons. The number of benzene rings is 1. The quantitative estimate of drug-likeness (QED) is 0.697. The van der Waals surface area contributed by atoms with Crippen molar-refractivity contribution in [1.29, 1.82) is 0 Å². The molecule has 0 saturated carbocycles. The van der Waals surface area contributed by atoms with Gasteiger partial charge in [0.1, 0.15) is 6.33 Å². The van der Waals surface area contributed by atoms with Gasteiger partial charge < -0.3 is 9.80 Å². The summed E-state index contributed by atoms with van der Waals surface area (Å²) in [6.07, 6.45) is 2.68. The van der Waals surface area contributed by atoms with Gasteiger partial charge >= 0.3 is 0 Å². The van der Waals surface area contributed by atoms with Crippen molar-refractivity contribution in [2.24, 2.45) is 0 Å². The van der Waals surface area contributed by atoms with Gasteiger partial charge in [0.15, 0.2) is 0 Å². The van der Waals surface area contributed by atoms with Gasteiger partial charge in [0.2, 0.25) is 5.91 Å². The normalized spacial score (nSPS) is 14.7. The largest absolute Gasteiger partial charge is 0.368 e. The molecule has 0 spiro atoms. The molecule has 0 aliphatic carbocycles. The fraction of sp³-hybridized carbons (Fsp3) is 0.429. The van der Waals surface area contributed by atoms with Crippen molar-refractivity contribution in [3.05, 3.63) is 53.1 Å². The molecular weight excluding hydrogens is 352 g/mol. The molecule has 0 unspecified atom stereocenters. The monoisotopic (exact) mass is 378 g/mol. The Morgan fingerprint density at radius 3 is 2.64 bits per heavy atom. The number of nitrogens with zero attached hydrogens (tertiary/aromatic N) is 6. The smallest absolute Gasteiger partial charge is 0.252 e. The van der Waals surface area contributed by atoms with Crippen LogP contribution in [0.1, 0.15) is 28.9 Å². The Balaban J connectivity index is 1.36. The maximum absolute atomic E-state index is 12.8. The van der Waals surface area contributed by atoms with Crippen LogP contribution >= 0.6 is 0 Å². The van der Waals surface area contributed by atoms with Crippen molar-refractivity contribution in [2.75, 3.05) is 31.1 Å². The van der Waals surface area contributed by atoms with Crippen molar-refractivity contribution >= 4 is 17.4 Å². The SMILES string of the molecule is Cc1cccc(N2CCN(C(=O)CCc3c(C)nc4ncnn4c3C)CC2)c1. The number of fused-ring (bicyclic) bond motifs is 1. The number of anilines is 1. The summed E-state index contributed by atoms with van der Waals surface area (Å²) >= 11 is 0. The van der Waals surface area contributed by atoms with E-state index in [1.807, 2.05) is 18.7 Å². The summed E-state index contributed by atoms with van der Waals surface area (Å²) in [6.45, 7) is 9.38. The lowest BCUT2D eigenvalue weighted by Crippen LogP contribution is -2.48. The van der Waals surface area contributed by atoms with Crippen LogP contribution in [0.5, 0.6) is 0 Å². The second kappa shape index (κ2) is 7.58. The Labute approximate surface area is 165 Å². The van der Waals surface area contributed by atoms with E-state index in [0.29, 0.717) is 18.6 Å². The van der Waals surface area contributed by atoms with Gasteiger partial charge in [0, 0.05) is 49.7 Å². The summed E-state index contributed by atoms with van der Waals surface area (Å²) in [4.78, 5) is 25.7. The number of carbonyl (C=O) groups is 1. The lowest BCUT2D eigenvalue weighted by atomic mass is 10.1. The zero-order chi connectivity index (χ0) is 19.7. The zero-order valence-corrected chi connectivity index (χ0v) is 16.7. The van der Waals surface area contributed by atoms with Crippen molar-refractivity contribution in [1.82, 2.24) is 24.5 Å². The van der Waals surface area contributed by atoms with Crippen LogP contribution in [0.2, 0.25) is 0 Å². The third kappa shape index (κ3) is 3.56. The summed E-state index contributed by atoms with van der Waals surface area (Å²) in [5.74, 6) is 0.818. The van der Waals surface area contributed by atoms with Gasteiger partial charge in [-0.3, -0.25) is 4.79 Å². The van der Waals surface area contributed by atoms with Crippen LogP contribution in [-0.2, 0) is 11.2 Å². The third-order valence-electron chi connectivity index (χ3n) is 5.58. The van der Waals surface area contributed by atoms with Crippen molar-refractivity contribution in [2.45, 2.75) is 33.6 Å². The molecule has 0 bridgehead atoms. The molecule has 1 amide bonds. The summed E-state index contributed by atoms with van der Waals surface area (Å²) in [5.41, 5.74) is 5.53. The minimum absolute atomic E-state index is 0.210. The fourth-order valence-electron chi connectivity index (χ4n) is 3.95. The van der Waals surface area contributed by atoms with E-state index < -0.39 is 0 Å².